The molecular weight excluding hydrogens is 1130 g/mol. The number of ether oxygens (including phenoxy) is 1. The number of fused-ring (bicyclic) bond motifs is 14. The number of anilines is 1. The molecule has 0 saturated heterocycles. The number of carbonyl (C=O) groups is 6. The number of hydrogen-bond acceptors (Lipinski definition) is 22. The first-order chi connectivity index (χ1) is 38.0. The van der Waals surface area contributed by atoms with Gasteiger partial charge >= 0.3 is 5.97 Å². The standard InChI is InChI=1S/C52H50N12O9S6/c1-23(2)28-14-34(65)42-25(4)78-51(64-42)30(15-37(66)53-5)56-46(72)32-20-74-47(58-32)27-12-13-29(49-61-36(22-77-49)60-38(67)16-40(69)70)55-43(27)31-19-75-50(57-31)33-21-76-52(59-33)44(45(71)26-10-8-7-9-11-26)62-39(68)17-54-24(3)41-35(18-73-6)79-48(28)63-41/h7-13,19-23,28,30,44-45,54,71H,3,14-18H2,1-2,4-6H3,(H,53,66)(H,56,72)(H,60,67)(H,62,68)(H,69,70)/t28-,30+,44+,45+/m1/s1. The molecule has 7 N–H and O–H groups in total. The van der Waals surface area contributed by atoms with Gasteiger partial charge < -0.3 is 41.5 Å². The largest absolute Gasteiger partial charge is 0.481 e. The van der Waals surface area contributed by atoms with Crippen LogP contribution in [0.3, 0.4) is 0 Å². The van der Waals surface area contributed by atoms with Crippen LogP contribution in [0.15, 0.2) is 70.6 Å². The van der Waals surface area contributed by atoms with E-state index in [1.54, 1.807) is 72.0 Å². The second-order valence-corrected chi connectivity index (χ2v) is 24.0. The summed E-state index contributed by atoms with van der Waals surface area (Å²) >= 11 is 7.43. The van der Waals surface area contributed by atoms with Gasteiger partial charge in [0.2, 0.25) is 17.7 Å². The van der Waals surface area contributed by atoms with Gasteiger partial charge in [0, 0.05) is 58.5 Å². The van der Waals surface area contributed by atoms with Crippen molar-refractivity contribution >= 4 is 115 Å². The quantitative estimate of drug-likeness (QED) is 0.0598. The minimum Gasteiger partial charge on any atom is -0.481 e. The van der Waals surface area contributed by atoms with Crippen molar-refractivity contribution in [2.75, 3.05) is 26.0 Å². The lowest BCUT2D eigenvalue weighted by Gasteiger charge is -2.23. The predicted molar refractivity (Wildman–Crippen MR) is 304 cm³/mol. The Hall–Kier alpha value is -7.37. The predicted octanol–water partition coefficient (Wildman–Crippen LogP) is 8.44. The number of aliphatic carboxylic acids is 1. The number of pyridine rings is 1. The van der Waals surface area contributed by atoms with Crippen LogP contribution in [0, 0.1) is 12.8 Å². The average Bonchev–Trinajstić information content (AvgIpc) is 4.49. The lowest BCUT2D eigenvalue weighted by atomic mass is 9.90. The third-order valence-electron chi connectivity index (χ3n) is 12.3. The summed E-state index contributed by atoms with van der Waals surface area (Å²) in [7, 11) is 3.05. The number of nitrogens with one attached hydrogen (secondary N) is 5. The number of amides is 4. The number of Topliss-reactive ketones (excluding diaryl/α,β-unsaturated/α-hetero) is 1. The first-order valence-electron chi connectivity index (χ1n) is 24.3. The van der Waals surface area contributed by atoms with Crippen molar-refractivity contribution in [3.63, 3.8) is 0 Å². The van der Waals surface area contributed by atoms with E-state index in [2.05, 4.69) is 38.1 Å². The van der Waals surface area contributed by atoms with Crippen LogP contribution in [0.1, 0.15) is 114 Å². The molecule has 8 aromatic rings. The van der Waals surface area contributed by atoms with Gasteiger partial charge in [-0.2, -0.15) is 0 Å². The number of aromatic nitrogens is 7. The van der Waals surface area contributed by atoms with Crippen molar-refractivity contribution in [1.82, 2.24) is 56.2 Å². The number of carbonyl (C=O) groups excluding carboxylic acids is 5. The molecule has 0 saturated carbocycles. The van der Waals surface area contributed by atoms with Crippen molar-refractivity contribution in [3.05, 3.63) is 118 Å². The Morgan fingerprint density at radius 1 is 0.772 bits per heavy atom. The zero-order valence-corrected chi connectivity index (χ0v) is 47.7. The molecule has 408 valence electrons. The highest BCUT2D eigenvalue weighted by atomic mass is 32.1. The molecule has 1 aromatic carbocycles. The SMILES string of the molecule is C=C1NCC(=O)N[C@@H]([C@@H](O)c2ccccc2)c2nc(cs2)-c2nc(cs2)-c2nc(-c3nc(NC(=O)CC(=O)O)cs3)ccc2-c2nc(cs2)C(=O)N[C@@H](CC(=O)NC)c2nc(c(C)s2)C(=O)C[C@H](C(C)C)c2nc1c(COC)s2. The van der Waals surface area contributed by atoms with Crippen LogP contribution in [0.25, 0.3) is 49.1 Å². The highest BCUT2D eigenvalue weighted by Crippen LogP contribution is 2.41. The zero-order chi connectivity index (χ0) is 56.1. The molecule has 10 bridgehead atoms. The molecule has 4 atom stereocenters. The number of nitrogens with zero attached hydrogens (tertiary/aromatic N) is 7. The fourth-order valence-corrected chi connectivity index (χ4v) is 13.9. The van der Waals surface area contributed by atoms with Crippen LogP contribution < -0.4 is 26.6 Å². The van der Waals surface area contributed by atoms with Gasteiger partial charge in [0.1, 0.15) is 83.6 Å². The molecule has 27 heteroatoms. The van der Waals surface area contributed by atoms with E-state index in [0.717, 1.165) is 4.88 Å². The van der Waals surface area contributed by atoms with E-state index in [1.807, 2.05) is 19.9 Å². The molecule has 1 aliphatic heterocycles. The smallest absolute Gasteiger partial charge is 0.312 e. The molecule has 1 aliphatic rings. The summed E-state index contributed by atoms with van der Waals surface area (Å²) < 4.78 is 5.56. The fraction of sp³-hybridized carbons (Fsp3) is 0.288. The molecule has 8 heterocycles. The Kier molecular flexibility index (Phi) is 17.7. The van der Waals surface area contributed by atoms with Gasteiger partial charge in [0.25, 0.3) is 5.91 Å². The van der Waals surface area contributed by atoms with Gasteiger partial charge in [0.05, 0.1) is 46.9 Å². The average molecular weight is 1180 g/mol. The summed E-state index contributed by atoms with van der Waals surface area (Å²) in [5.74, 6) is -4.02. The van der Waals surface area contributed by atoms with Crippen molar-refractivity contribution in [3.8, 4) is 43.4 Å². The molecule has 0 spiro atoms. The molecule has 21 nitrogen and oxygen atoms in total. The van der Waals surface area contributed by atoms with Crippen molar-refractivity contribution in [2.45, 2.75) is 70.7 Å². The molecule has 9 rings (SSSR count). The number of aryl methyl sites for hydroxylation is 1. The molecular formula is C52H50N12O9S6. The molecule has 0 radical (unpaired) electrons. The number of aliphatic hydroxyl groups is 1. The topological polar surface area (TPSA) is 302 Å². The van der Waals surface area contributed by atoms with Crippen molar-refractivity contribution < 1.29 is 43.7 Å². The summed E-state index contributed by atoms with van der Waals surface area (Å²) in [6.07, 6.45) is -2.10. The number of benzene rings is 1. The monoisotopic (exact) mass is 1180 g/mol. The van der Waals surface area contributed by atoms with Crippen LogP contribution in [0.2, 0.25) is 0 Å². The van der Waals surface area contributed by atoms with E-state index >= 15 is 0 Å². The maximum atomic E-state index is 14.4. The number of thiazole rings is 6. The number of carboxylic acid groups (broad SMARTS) is 1. The Balaban J connectivity index is 1.13. The minimum absolute atomic E-state index is 0.0359. The highest BCUT2D eigenvalue weighted by molar-refractivity contribution is 7.15. The Bertz CT molecular complexity index is 3600. The van der Waals surface area contributed by atoms with Gasteiger partial charge in [-0.15, -0.1) is 68.0 Å². The number of hydrogen-bond donors (Lipinski definition) is 7. The van der Waals surface area contributed by atoms with Gasteiger partial charge in [-0.1, -0.05) is 50.8 Å². The molecule has 4 amide bonds. The third-order valence-corrected chi connectivity index (χ3v) is 18.1. The summed E-state index contributed by atoms with van der Waals surface area (Å²) in [5, 5.41) is 44.5. The van der Waals surface area contributed by atoms with Crippen LogP contribution >= 0.6 is 68.0 Å². The normalized spacial score (nSPS) is 16.6. The van der Waals surface area contributed by atoms with E-state index in [4.69, 9.17) is 39.7 Å². The zero-order valence-electron chi connectivity index (χ0n) is 42.8. The Morgan fingerprint density at radius 3 is 2.23 bits per heavy atom. The lowest BCUT2D eigenvalue weighted by Crippen LogP contribution is -2.38. The first-order valence-corrected chi connectivity index (χ1v) is 29.4. The third kappa shape index (κ3) is 13.1. The van der Waals surface area contributed by atoms with Gasteiger partial charge in [-0.25, -0.2) is 34.9 Å². The molecule has 0 unspecified atom stereocenters. The summed E-state index contributed by atoms with van der Waals surface area (Å²) in [6, 6.07) is 10.4. The second kappa shape index (κ2) is 24.7. The maximum absolute atomic E-state index is 14.4. The minimum atomic E-state index is -1.29. The number of methoxy groups -OCH3 is 1. The van der Waals surface area contributed by atoms with Crippen LogP contribution in [0.4, 0.5) is 5.82 Å². The van der Waals surface area contributed by atoms with E-state index in [0.29, 0.717) is 80.2 Å². The molecule has 0 aliphatic carbocycles. The Labute approximate surface area is 475 Å². The fourth-order valence-electron chi connectivity index (χ4n) is 8.31. The van der Waals surface area contributed by atoms with E-state index < -0.39 is 48.3 Å². The maximum Gasteiger partial charge on any atom is 0.312 e. The number of rotatable bonds is 11. The number of aliphatic hydroxyl groups excluding tert-OH is 1. The van der Waals surface area contributed by atoms with Crippen molar-refractivity contribution in [1.29, 1.82) is 0 Å². The number of carboxylic acids is 1. The van der Waals surface area contributed by atoms with Gasteiger partial charge in [-0.05, 0) is 30.5 Å². The number of ketones is 1. The molecule has 79 heavy (non-hydrogen) atoms. The van der Waals surface area contributed by atoms with Gasteiger partial charge in [-0.3, -0.25) is 28.8 Å². The van der Waals surface area contributed by atoms with Gasteiger partial charge in [0.15, 0.2) is 5.78 Å². The highest BCUT2D eigenvalue weighted by Gasteiger charge is 2.32. The Morgan fingerprint density at radius 2 is 1.48 bits per heavy atom. The van der Waals surface area contributed by atoms with Crippen LogP contribution in [0.5, 0.6) is 0 Å². The van der Waals surface area contributed by atoms with Crippen LogP contribution in [-0.2, 0) is 30.5 Å². The lowest BCUT2D eigenvalue weighted by molar-refractivity contribution is -0.139. The molecule has 0 fully saturated rings. The van der Waals surface area contributed by atoms with E-state index in [9.17, 15) is 33.9 Å². The summed E-state index contributed by atoms with van der Waals surface area (Å²) in [6.45, 7) is 9.94. The van der Waals surface area contributed by atoms with Crippen LogP contribution in [-0.4, -0.2) is 101 Å². The van der Waals surface area contributed by atoms with Crippen molar-refractivity contribution in [2.24, 2.45) is 5.92 Å². The first kappa shape index (κ1) is 56.4. The molecule has 7 aromatic heterocycles. The summed E-state index contributed by atoms with van der Waals surface area (Å²) in [4.78, 5) is 114. The van der Waals surface area contributed by atoms with E-state index in [1.165, 1.54) is 75.1 Å². The second-order valence-electron chi connectivity index (χ2n) is 18.2. The van der Waals surface area contributed by atoms with E-state index in [-0.39, 0.29) is 66.7 Å². The summed E-state index contributed by atoms with van der Waals surface area (Å²) in [5.41, 5.74) is 3.70.